The molecule has 1 heterocycles. The summed E-state index contributed by atoms with van der Waals surface area (Å²) in [7, 11) is 0. The Bertz CT molecular complexity index is 917. The molecule has 0 spiro atoms. The number of allylic oxidation sites excluding steroid dienone is 2. The fraction of sp³-hybridized carbons (Fsp3) is 0.0556. The Morgan fingerprint density at radius 3 is 2.37 bits per heavy atom. The summed E-state index contributed by atoms with van der Waals surface area (Å²) in [6.07, 6.45) is 8.51. The van der Waals surface area contributed by atoms with Gasteiger partial charge in [-0.05, 0) is 22.1 Å². The Hall–Kier alpha value is -2.41. The number of nitrogens with zero attached hydrogens (tertiary/aromatic N) is 1. The molecule has 0 fully saturated rings. The highest BCUT2D eigenvalue weighted by Gasteiger charge is 2.12. The van der Waals surface area contributed by atoms with Crippen LogP contribution in [0.3, 0.4) is 0 Å². The van der Waals surface area contributed by atoms with Crippen molar-refractivity contribution in [1.29, 1.82) is 0 Å². The van der Waals surface area contributed by atoms with E-state index in [1.54, 1.807) is 0 Å². The maximum absolute atomic E-state index is 4.90. The van der Waals surface area contributed by atoms with Gasteiger partial charge in [-0.15, -0.1) is 0 Å². The second-order valence-corrected chi connectivity index (χ2v) is 4.84. The van der Waals surface area contributed by atoms with Crippen molar-refractivity contribution >= 4 is 5.57 Å². The van der Waals surface area contributed by atoms with Gasteiger partial charge in [0.15, 0.2) is 0 Å². The molecule has 0 amide bonds. The van der Waals surface area contributed by atoms with Gasteiger partial charge in [-0.25, -0.2) is 0 Å². The van der Waals surface area contributed by atoms with Crippen molar-refractivity contribution in [2.75, 3.05) is 0 Å². The van der Waals surface area contributed by atoms with Crippen LogP contribution in [-0.2, 0) is 0 Å². The van der Waals surface area contributed by atoms with Crippen molar-refractivity contribution in [1.82, 2.24) is 0 Å². The smallest absolute Gasteiger partial charge is 0.0946 e. The molecule has 1 heteroatoms. The lowest BCUT2D eigenvalue weighted by Gasteiger charge is -2.11. The van der Waals surface area contributed by atoms with Gasteiger partial charge in [0.05, 0.1) is 11.4 Å². The fourth-order valence-corrected chi connectivity index (χ4v) is 2.83. The third-order valence-electron chi connectivity index (χ3n) is 3.71. The van der Waals surface area contributed by atoms with E-state index in [1.807, 2.05) is 0 Å². The Morgan fingerprint density at radius 1 is 0.737 bits per heavy atom. The normalized spacial score (nSPS) is 18.9. The SMILES string of the molecule is C1=CC2=c3ccccc3=c3ccccc3=NC2C=C1. The molecular formula is C18H13N. The molecule has 0 aromatic heterocycles. The van der Waals surface area contributed by atoms with Crippen molar-refractivity contribution in [3.05, 3.63) is 93.8 Å². The van der Waals surface area contributed by atoms with E-state index < -0.39 is 0 Å². The van der Waals surface area contributed by atoms with Crippen molar-refractivity contribution in [3.8, 4) is 0 Å². The second-order valence-electron chi connectivity index (χ2n) is 4.84. The Balaban J connectivity index is 2.37. The Labute approximate surface area is 111 Å². The van der Waals surface area contributed by atoms with Crippen LogP contribution in [0.4, 0.5) is 0 Å². The first-order valence-corrected chi connectivity index (χ1v) is 6.55. The molecule has 1 nitrogen and oxygen atoms in total. The van der Waals surface area contributed by atoms with Crippen molar-refractivity contribution < 1.29 is 0 Å². The lowest BCUT2D eigenvalue weighted by molar-refractivity contribution is 0.988. The van der Waals surface area contributed by atoms with Crippen LogP contribution in [0.5, 0.6) is 0 Å². The molecule has 0 N–H and O–H groups in total. The highest BCUT2D eigenvalue weighted by Crippen LogP contribution is 2.15. The average molecular weight is 243 g/mol. The summed E-state index contributed by atoms with van der Waals surface area (Å²) in [6.45, 7) is 0. The highest BCUT2D eigenvalue weighted by molar-refractivity contribution is 5.67. The van der Waals surface area contributed by atoms with Crippen molar-refractivity contribution in [2.24, 2.45) is 4.99 Å². The third kappa shape index (κ3) is 1.59. The van der Waals surface area contributed by atoms with Crippen molar-refractivity contribution in [2.45, 2.75) is 6.04 Å². The summed E-state index contributed by atoms with van der Waals surface area (Å²) in [6, 6.07) is 17.1. The quantitative estimate of drug-likeness (QED) is 0.673. The van der Waals surface area contributed by atoms with E-state index in [-0.39, 0.29) is 6.04 Å². The summed E-state index contributed by atoms with van der Waals surface area (Å²) in [5, 5.41) is 4.87. The van der Waals surface area contributed by atoms with Gasteiger partial charge in [0.2, 0.25) is 0 Å². The maximum atomic E-state index is 4.90. The van der Waals surface area contributed by atoms with Gasteiger partial charge in [0.1, 0.15) is 0 Å². The van der Waals surface area contributed by atoms with Gasteiger partial charge in [0.25, 0.3) is 0 Å². The van der Waals surface area contributed by atoms with Crippen LogP contribution < -0.4 is 10.6 Å². The lowest BCUT2D eigenvalue weighted by Crippen LogP contribution is -2.16. The zero-order chi connectivity index (χ0) is 12.7. The molecule has 1 unspecified atom stereocenters. The van der Waals surface area contributed by atoms with Crippen LogP contribution in [0.15, 0.2) is 77.8 Å². The first kappa shape index (κ1) is 10.5. The van der Waals surface area contributed by atoms with Gasteiger partial charge < -0.3 is 0 Å². The molecule has 2 aromatic carbocycles. The highest BCUT2D eigenvalue weighted by atomic mass is 14.8. The number of hydrogen-bond donors (Lipinski definition) is 0. The summed E-state index contributed by atoms with van der Waals surface area (Å²) >= 11 is 0. The molecule has 19 heavy (non-hydrogen) atoms. The number of fused-ring (bicyclic) bond motifs is 3. The molecule has 1 atom stereocenters. The van der Waals surface area contributed by atoms with Gasteiger partial charge in [0, 0.05) is 5.22 Å². The van der Waals surface area contributed by atoms with Crippen LogP contribution in [-0.4, -0.2) is 6.04 Å². The molecule has 0 saturated carbocycles. The zero-order valence-corrected chi connectivity index (χ0v) is 10.5. The molecule has 2 aromatic rings. The van der Waals surface area contributed by atoms with E-state index in [1.165, 1.54) is 21.2 Å². The molecular weight excluding hydrogens is 230 g/mol. The lowest BCUT2D eigenvalue weighted by atomic mass is 9.99. The van der Waals surface area contributed by atoms with Gasteiger partial charge in [-0.2, -0.15) is 0 Å². The molecule has 0 bridgehead atoms. The molecule has 1 aliphatic heterocycles. The molecule has 1 aliphatic carbocycles. The number of rotatable bonds is 0. The predicted molar refractivity (Wildman–Crippen MR) is 76.8 cm³/mol. The average Bonchev–Trinajstić information content (AvgIpc) is 2.62. The fourth-order valence-electron chi connectivity index (χ4n) is 2.83. The standard InChI is InChI=1S/C18H13N/c1-2-8-14-13(7-1)15-9-3-5-11-17(15)19-18-12-6-4-10-16(14)18/h1-12,17H. The van der Waals surface area contributed by atoms with Crippen LogP contribution in [0.25, 0.3) is 5.57 Å². The first-order chi connectivity index (χ1) is 9.43. The number of hydrogen-bond acceptors (Lipinski definition) is 1. The van der Waals surface area contributed by atoms with E-state index in [9.17, 15) is 0 Å². The molecule has 0 radical (unpaired) electrons. The number of para-hydroxylation sites is 1. The summed E-state index contributed by atoms with van der Waals surface area (Å²) in [4.78, 5) is 4.90. The van der Waals surface area contributed by atoms with E-state index in [0.717, 1.165) is 5.36 Å². The molecule has 90 valence electrons. The second kappa shape index (κ2) is 4.06. The number of benzene rings is 2. The van der Waals surface area contributed by atoms with E-state index in [4.69, 9.17) is 4.99 Å². The predicted octanol–water partition coefficient (Wildman–Crippen LogP) is 2.25. The minimum absolute atomic E-state index is 0.134. The molecule has 4 rings (SSSR count). The summed E-state index contributed by atoms with van der Waals surface area (Å²) < 4.78 is 0. The van der Waals surface area contributed by atoms with E-state index in [2.05, 4.69) is 72.8 Å². The summed E-state index contributed by atoms with van der Waals surface area (Å²) in [5.41, 5.74) is 1.29. The molecule has 0 saturated heterocycles. The zero-order valence-electron chi connectivity index (χ0n) is 10.5. The van der Waals surface area contributed by atoms with Crippen molar-refractivity contribution in [3.63, 3.8) is 0 Å². The van der Waals surface area contributed by atoms with Crippen LogP contribution in [0, 0.1) is 10.4 Å². The minimum Gasteiger partial charge on any atom is -0.272 e. The third-order valence-corrected chi connectivity index (χ3v) is 3.71. The first-order valence-electron chi connectivity index (χ1n) is 6.55. The van der Waals surface area contributed by atoms with Crippen LogP contribution in [0.2, 0.25) is 0 Å². The topological polar surface area (TPSA) is 12.4 Å². The Morgan fingerprint density at radius 2 is 1.47 bits per heavy atom. The van der Waals surface area contributed by atoms with Gasteiger partial charge >= 0.3 is 0 Å². The van der Waals surface area contributed by atoms with E-state index in [0.29, 0.717) is 0 Å². The largest absolute Gasteiger partial charge is 0.272 e. The minimum atomic E-state index is 0.134. The summed E-state index contributed by atoms with van der Waals surface area (Å²) in [5.74, 6) is 0. The van der Waals surface area contributed by atoms with Crippen LogP contribution in [0.1, 0.15) is 0 Å². The maximum Gasteiger partial charge on any atom is 0.0946 e. The van der Waals surface area contributed by atoms with E-state index >= 15 is 0 Å². The van der Waals surface area contributed by atoms with Gasteiger partial charge in [-0.3, -0.25) is 4.99 Å². The Kier molecular flexibility index (Phi) is 2.25. The monoisotopic (exact) mass is 243 g/mol. The van der Waals surface area contributed by atoms with Gasteiger partial charge in [-0.1, -0.05) is 66.8 Å². The molecule has 2 aliphatic rings. The van der Waals surface area contributed by atoms with Crippen LogP contribution >= 0.6 is 0 Å².